The molecule has 0 saturated carbocycles. The fourth-order valence-corrected chi connectivity index (χ4v) is 0. The van der Waals surface area contributed by atoms with Gasteiger partial charge in [0.05, 0.1) is 0 Å². The molecule has 0 radical (unpaired) electrons. The summed E-state index contributed by atoms with van der Waals surface area (Å²) < 4.78 is 14.1. The summed E-state index contributed by atoms with van der Waals surface area (Å²) in [6.07, 6.45) is 0. The molecule has 0 aliphatic rings. The Morgan fingerprint density at radius 3 is 0.696 bits per heavy atom. The van der Waals surface area contributed by atoms with Gasteiger partial charge in [0.1, 0.15) is 0 Å². The summed E-state index contributed by atoms with van der Waals surface area (Å²) in [7, 11) is 0. The van der Waals surface area contributed by atoms with E-state index in [1.165, 1.54) is 0 Å². The van der Waals surface area contributed by atoms with Crippen LogP contribution in [0.3, 0.4) is 0 Å². The molecular formula is C10H26N2O10S. The van der Waals surface area contributed by atoms with Gasteiger partial charge in [0.2, 0.25) is 0 Å². The van der Waals surface area contributed by atoms with E-state index in [-0.39, 0.29) is 12.3 Å². The molecule has 0 aromatic heterocycles. The Bertz CT molecular complexity index is 210. The van der Waals surface area contributed by atoms with E-state index >= 15 is 0 Å². The van der Waals surface area contributed by atoms with Gasteiger partial charge in [-0.2, -0.15) is 0 Å². The van der Waals surface area contributed by atoms with Crippen molar-refractivity contribution in [2.24, 2.45) is 11.5 Å². The minimum absolute atomic E-state index is 0.250. The summed E-state index contributed by atoms with van der Waals surface area (Å²) in [5, 5.41) is 29.7. The first kappa shape index (κ1) is 37.4. The average Bonchev–Trinajstić information content (AvgIpc) is 2.26. The van der Waals surface area contributed by atoms with Crippen molar-refractivity contribution in [1.29, 1.82) is 0 Å². The van der Waals surface area contributed by atoms with Gasteiger partial charge in [0.15, 0.2) is 12.3 Å². The molecule has 13 heteroatoms. The second-order valence-electron chi connectivity index (χ2n) is 2.74. The van der Waals surface area contributed by atoms with Crippen molar-refractivity contribution in [3.8, 4) is 0 Å². The van der Waals surface area contributed by atoms with Crippen LogP contribution in [-0.4, -0.2) is 66.5 Å². The number of rotatable bonds is 1. The van der Waals surface area contributed by atoms with Crippen molar-refractivity contribution in [3.05, 3.63) is 0 Å². The van der Waals surface area contributed by atoms with E-state index in [9.17, 15) is 0 Å². The lowest BCUT2D eigenvalue weighted by molar-refractivity contribution is -0.135. The zero-order valence-corrected chi connectivity index (χ0v) is 14.1. The normalized spacial score (nSPS) is 6.43. The molecule has 0 aromatic rings. The Morgan fingerprint density at radius 2 is 0.696 bits per heavy atom. The molecular weight excluding hydrogens is 340 g/mol. The lowest BCUT2D eigenvalue weighted by Gasteiger charge is -1.72. The highest BCUT2D eigenvalue weighted by atomic mass is 32.2. The Balaban J connectivity index is -0.0000000378. The smallest absolute Gasteiger partial charge is 0.300 e. The van der Waals surface area contributed by atoms with Gasteiger partial charge in [-0.3, -0.25) is 19.2 Å². The van der Waals surface area contributed by atoms with E-state index in [1.807, 2.05) is 0 Å². The van der Waals surface area contributed by atoms with E-state index in [0.29, 0.717) is 13.1 Å². The largest absolute Gasteiger partial charge is 0.481 e. The minimum atomic E-state index is -0.833. The number of carbonyl (C=O) groups is 4. The SMILES string of the molecule is CC(=O)O.CC(=O)O.CC(=O)O.CC(=O)O.NCCN.OSO. The zero-order valence-electron chi connectivity index (χ0n) is 13.3. The number of carboxylic acids is 4. The summed E-state index contributed by atoms with van der Waals surface area (Å²) in [5.74, 6) is -3.33. The van der Waals surface area contributed by atoms with Crippen molar-refractivity contribution in [3.63, 3.8) is 0 Å². The van der Waals surface area contributed by atoms with Gasteiger partial charge in [-0.05, 0) is 0 Å². The van der Waals surface area contributed by atoms with Crippen LogP contribution in [0.5, 0.6) is 0 Å². The van der Waals surface area contributed by atoms with Gasteiger partial charge in [0.25, 0.3) is 23.9 Å². The number of carboxylic acid groups (broad SMARTS) is 4. The molecule has 0 heterocycles. The number of hydrogen-bond donors (Lipinski definition) is 8. The van der Waals surface area contributed by atoms with Crippen LogP contribution >= 0.6 is 12.3 Å². The third-order valence-corrected chi connectivity index (χ3v) is 0.167. The number of aliphatic carboxylic acids is 4. The van der Waals surface area contributed by atoms with Gasteiger partial charge >= 0.3 is 0 Å². The highest BCUT2D eigenvalue weighted by Gasteiger charge is 1.66. The topological polar surface area (TPSA) is 242 Å². The molecule has 0 atom stereocenters. The van der Waals surface area contributed by atoms with E-state index in [2.05, 4.69) is 0 Å². The Morgan fingerprint density at radius 1 is 0.652 bits per heavy atom. The molecule has 10 N–H and O–H groups in total. The lowest BCUT2D eigenvalue weighted by Crippen LogP contribution is -2.11. The maximum atomic E-state index is 9.00. The van der Waals surface area contributed by atoms with Crippen molar-refractivity contribution in [2.45, 2.75) is 27.7 Å². The molecule has 0 rings (SSSR count). The van der Waals surface area contributed by atoms with Crippen LogP contribution in [-0.2, 0) is 19.2 Å². The minimum Gasteiger partial charge on any atom is -0.481 e. The van der Waals surface area contributed by atoms with E-state index in [4.69, 9.17) is 60.2 Å². The first-order valence-corrected chi connectivity index (χ1v) is 6.12. The first-order chi connectivity index (χ1) is 10.3. The molecule has 0 aliphatic carbocycles. The van der Waals surface area contributed by atoms with E-state index in [1.54, 1.807) is 0 Å². The third-order valence-electron chi connectivity index (χ3n) is 0.167. The lowest BCUT2D eigenvalue weighted by atomic mass is 10.7. The Labute approximate surface area is 138 Å². The van der Waals surface area contributed by atoms with Crippen LogP contribution in [0.1, 0.15) is 27.7 Å². The monoisotopic (exact) mass is 366 g/mol. The van der Waals surface area contributed by atoms with Crippen LogP contribution in [0.2, 0.25) is 0 Å². The fourth-order valence-electron chi connectivity index (χ4n) is 0. The summed E-state index contributed by atoms with van der Waals surface area (Å²) in [4.78, 5) is 36.0. The van der Waals surface area contributed by atoms with Crippen molar-refractivity contribution >= 4 is 36.2 Å². The van der Waals surface area contributed by atoms with Crippen LogP contribution in [0.4, 0.5) is 0 Å². The summed E-state index contributed by atoms with van der Waals surface area (Å²) in [6.45, 7) is 5.53. The molecule has 0 saturated heterocycles. The van der Waals surface area contributed by atoms with Gasteiger partial charge in [0, 0.05) is 40.8 Å². The van der Waals surface area contributed by atoms with Crippen molar-refractivity contribution < 1.29 is 48.7 Å². The molecule has 23 heavy (non-hydrogen) atoms. The van der Waals surface area contributed by atoms with Crippen LogP contribution in [0.15, 0.2) is 0 Å². The Hall–Kier alpha value is -1.93. The molecule has 0 spiro atoms. The predicted molar refractivity (Wildman–Crippen MR) is 84.2 cm³/mol. The van der Waals surface area contributed by atoms with Crippen molar-refractivity contribution in [1.82, 2.24) is 0 Å². The number of hydrogen-bond acceptors (Lipinski definition) is 9. The second kappa shape index (κ2) is 42.7. The summed E-state index contributed by atoms with van der Waals surface area (Å²) in [6, 6.07) is 0. The quantitative estimate of drug-likeness (QED) is 0.284. The summed E-state index contributed by atoms with van der Waals surface area (Å²) >= 11 is -0.250. The average molecular weight is 366 g/mol. The van der Waals surface area contributed by atoms with E-state index in [0.717, 1.165) is 27.7 Å². The molecule has 142 valence electrons. The standard InChI is InChI=1S/C2H8N2.4C2H4O2.H2O2S/c3-1-2-4;4*1-2(3)4;1-3-2/h1-4H2;4*1H3,(H,3,4);1-2H. The van der Waals surface area contributed by atoms with Gasteiger partial charge in [-0.25, -0.2) is 0 Å². The van der Waals surface area contributed by atoms with Gasteiger partial charge in [-0.1, -0.05) is 0 Å². The van der Waals surface area contributed by atoms with Crippen LogP contribution < -0.4 is 11.5 Å². The zero-order chi connectivity index (χ0) is 20.4. The van der Waals surface area contributed by atoms with Crippen LogP contribution in [0, 0.1) is 0 Å². The van der Waals surface area contributed by atoms with Gasteiger partial charge < -0.3 is 41.0 Å². The predicted octanol–water partition coefficient (Wildman–Crippen LogP) is -0.0670. The first-order valence-electron chi connectivity index (χ1n) is 5.39. The molecule has 0 aromatic carbocycles. The van der Waals surface area contributed by atoms with Crippen molar-refractivity contribution in [2.75, 3.05) is 13.1 Å². The summed E-state index contributed by atoms with van der Waals surface area (Å²) in [5.41, 5.74) is 9.81. The highest BCUT2D eigenvalue weighted by Crippen LogP contribution is 1.67. The molecule has 0 bridgehead atoms. The number of nitrogens with two attached hydrogens (primary N) is 2. The van der Waals surface area contributed by atoms with Crippen LogP contribution in [0.25, 0.3) is 0 Å². The van der Waals surface area contributed by atoms with E-state index < -0.39 is 23.9 Å². The maximum absolute atomic E-state index is 9.00. The second-order valence-corrected chi connectivity index (χ2v) is 2.90. The molecule has 0 fully saturated rings. The Kier molecular flexibility index (Phi) is 69.4. The maximum Gasteiger partial charge on any atom is 0.300 e. The molecule has 0 aliphatic heterocycles. The third kappa shape index (κ3) is 7580. The molecule has 0 unspecified atom stereocenters. The molecule has 0 amide bonds. The van der Waals surface area contributed by atoms with Gasteiger partial charge in [-0.15, -0.1) is 0 Å². The fraction of sp³-hybridized carbons (Fsp3) is 0.600. The highest BCUT2D eigenvalue weighted by molar-refractivity contribution is 7.87. The molecule has 12 nitrogen and oxygen atoms in total.